The molecule has 16 aromatic rings. The highest BCUT2D eigenvalue weighted by Crippen LogP contribution is 2.40. The van der Waals surface area contributed by atoms with E-state index >= 15 is 0 Å². The minimum absolute atomic E-state index is 0.422. The summed E-state index contributed by atoms with van der Waals surface area (Å²) in [5.74, 6) is 11.0. The van der Waals surface area contributed by atoms with Gasteiger partial charge in [0.05, 0.1) is 79.3 Å². The zero-order valence-electron chi connectivity index (χ0n) is 84.1. The number of rotatable bonds is 66. The van der Waals surface area contributed by atoms with Gasteiger partial charge in [-0.05, 0) is 240 Å². The Morgan fingerprint density at radius 1 is 0.109 bits per heavy atom. The maximum absolute atomic E-state index is 6.53. The Labute approximate surface area is 873 Å². The van der Waals surface area contributed by atoms with E-state index in [0.717, 1.165) is 150 Å². The minimum atomic E-state index is -0.678. The first kappa shape index (κ1) is 106. The van der Waals surface area contributed by atoms with Crippen molar-refractivity contribution in [3.63, 3.8) is 0 Å². The van der Waals surface area contributed by atoms with Gasteiger partial charge in [-0.1, -0.05) is 309 Å². The Hall–Kier alpha value is -14.2. The molecule has 756 valence electrons. The third-order valence-electron chi connectivity index (χ3n) is 24.5. The molecule has 147 heavy (non-hydrogen) atoms. The third-order valence-corrected chi connectivity index (χ3v) is 31.8. The van der Waals surface area contributed by atoms with E-state index in [1.165, 1.54) is 47.7 Å². The topological polar surface area (TPSA) is 138 Å². The van der Waals surface area contributed by atoms with E-state index in [2.05, 4.69) is 291 Å². The van der Waals surface area contributed by atoms with Crippen LogP contribution in [0.15, 0.2) is 419 Å². The lowest BCUT2D eigenvalue weighted by Gasteiger charge is -2.19. The molecule has 0 aliphatic carbocycles. The normalized spacial score (nSPS) is 11.1. The second-order valence-electron chi connectivity index (χ2n) is 35.9. The van der Waals surface area contributed by atoms with Gasteiger partial charge in [-0.3, -0.25) is 0 Å². The molecule has 0 N–H and O–H groups in total. The van der Waals surface area contributed by atoms with Crippen molar-refractivity contribution in [1.82, 2.24) is 0 Å². The van der Waals surface area contributed by atoms with Gasteiger partial charge >= 0.3 is 0 Å². The number of benzene rings is 16. The molecule has 0 aliphatic heterocycles. The van der Waals surface area contributed by atoms with Crippen molar-refractivity contribution < 1.29 is 71.1 Å². The van der Waals surface area contributed by atoms with Gasteiger partial charge in [0.1, 0.15) is 106 Å². The third kappa shape index (κ3) is 36.5. The number of unbranched alkanes of at least 4 members (excludes halogenated alkanes) is 12. The smallest absolute Gasteiger partial charge is 0.127 e. The fourth-order valence-corrected chi connectivity index (χ4v) is 23.7. The highest BCUT2D eigenvalue weighted by Gasteiger charge is 2.22. The molecule has 0 fully saturated rings. The first-order chi connectivity index (χ1) is 72.9. The molecular weight excluding hydrogens is 1880 g/mol. The maximum Gasteiger partial charge on any atom is 0.127 e. The van der Waals surface area contributed by atoms with E-state index in [-0.39, 0.29) is 0 Å². The second kappa shape index (κ2) is 60.7. The average molecular weight is 2020 g/mol. The van der Waals surface area contributed by atoms with E-state index in [9.17, 15) is 0 Å². The Balaban J connectivity index is 0.490. The predicted molar refractivity (Wildman–Crippen MR) is 603 cm³/mol. The lowest BCUT2D eigenvalue weighted by atomic mass is 10.2. The molecule has 0 atom stereocenters. The van der Waals surface area contributed by atoms with Crippen LogP contribution in [0.25, 0.3) is 0 Å². The summed E-state index contributed by atoms with van der Waals surface area (Å²) in [6.07, 6.45) is 15.8. The summed E-state index contributed by atoms with van der Waals surface area (Å²) in [6.45, 7) is 7.85. The molecule has 0 aliphatic rings. The second-order valence-corrected chi connectivity index (χ2v) is 42.6. The fraction of sp³-hybridized carbons (Fsp3) is 0.256. The van der Waals surface area contributed by atoms with Crippen LogP contribution in [0.4, 0.5) is 0 Å². The van der Waals surface area contributed by atoms with Gasteiger partial charge in [-0.2, -0.15) is 0 Å². The maximum atomic E-state index is 6.53. The van der Waals surface area contributed by atoms with Gasteiger partial charge in [-0.25, -0.2) is 0 Å². The van der Waals surface area contributed by atoms with E-state index in [0.29, 0.717) is 168 Å². The standard InChI is InChI=1S/C129H135O15P3/c1-16-46-103(47-17-1)100-142-118-94-112(136-82-37-10-34-76-130-106-64-70-127(71-65-106)145(121-52-22-4-23-53-121)122-54-24-5-25-55-122)91-115(97-118)139-85-43-13-40-79-133-109-88-110(134-80-41-14-44-86-140-116-92-113(95-119(98-116)143-101-104-48-18-2-19-49-104)137-83-38-11-35-77-131-107-66-72-128(73-67-107)146(123-56-26-6-27-57-123)124-58-28-7-29-59-124)90-111(89-109)135-81-42-15-45-87-141-117-93-114(96-120(99-117)144-102-105-50-20-3-21-51-105)138-84-39-12-36-78-132-108-68-74-129(75-69-108)147(125-60-30-8-31-61-125)126-62-32-9-33-63-126/h1-9,16-33,46-75,88-99H,10-15,34-45,76-87,100-102H2. The molecule has 0 amide bonds. The molecule has 0 bridgehead atoms. The Morgan fingerprint density at radius 3 is 0.381 bits per heavy atom. The van der Waals surface area contributed by atoms with Crippen molar-refractivity contribution in [2.75, 3.05) is 79.3 Å². The lowest BCUT2D eigenvalue weighted by Crippen LogP contribution is -2.20. The first-order valence-electron chi connectivity index (χ1n) is 52.1. The Morgan fingerprint density at radius 2 is 0.231 bits per heavy atom. The van der Waals surface area contributed by atoms with Crippen LogP contribution < -0.4 is 119 Å². The summed E-state index contributed by atoms with van der Waals surface area (Å²) < 4.78 is 96.0. The van der Waals surface area contributed by atoms with E-state index in [4.69, 9.17) is 71.1 Å². The Bertz CT molecular complexity index is 5630. The first-order valence-corrected chi connectivity index (χ1v) is 56.1. The highest BCUT2D eigenvalue weighted by molar-refractivity contribution is 7.80. The van der Waals surface area contributed by atoms with Crippen molar-refractivity contribution in [3.8, 4) is 86.2 Å². The molecule has 0 radical (unpaired) electrons. The quantitative estimate of drug-likeness (QED) is 0.0264. The summed E-state index contributed by atoms with van der Waals surface area (Å²) in [6, 6.07) is 145. The van der Waals surface area contributed by atoms with Crippen LogP contribution in [-0.4, -0.2) is 79.3 Å². The van der Waals surface area contributed by atoms with Crippen molar-refractivity contribution in [2.24, 2.45) is 0 Å². The van der Waals surface area contributed by atoms with Crippen LogP contribution in [0.5, 0.6) is 86.2 Å². The highest BCUT2D eigenvalue weighted by atomic mass is 31.1. The summed E-state index contributed by atoms with van der Waals surface area (Å²) in [4.78, 5) is 0. The minimum Gasteiger partial charge on any atom is -0.494 e. The fourth-order valence-electron chi connectivity index (χ4n) is 16.8. The van der Waals surface area contributed by atoms with Crippen LogP contribution in [0, 0.1) is 0 Å². The molecule has 0 saturated heterocycles. The molecule has 16 rings (SSSR count). The van der Waals surface area contributed by atoms with Crippen molar-refractivity contribution in [1.29, 1.82) is 0 Å². The summed E-state index contributed by atoms with van der Waals surface area (Å²) in [5, 5.41) is 11.8. The van der Waals surface area contributed by atoms with Crippen LogP contribution >= 0.6 is 23.8 Å². The molecular formula is C129H135O15P3. The van der Waals surface area contributed by atoms with E-state index in [1.54, 1.807) is 0 Å². The van der Waals surface area contributed by atoms with Gasteiger partial charge in [-0.15, -0.1) is 0 Å². The van der Waals surface area contributed by atoms with Crippen molar-refractivity contribution >= 4 is 71.5 Å². The summed E-state index contributed by atoms with van der Waals surface area (Å²) >= 11 is 0. The van der Waals surface area contributed by atoms with Gasteiger partial charge in [0.2, 0.25) is 0 Å². The van der Waals surface area contributed by atoms with Crippen LogP contribution in [-0.2, 0) is 19.8 Å². The SMILES string of the molecule is c1ccc(COc2cc(OCCCCCOc3ccc(P(c4ccccc4)c4ccccc4)cc3)cc(OCCCCCOc3cc(OCCCCCOc4cc(OCCCCCOc5ccc(P(c6ccccc6)c6ccccc6)cc5)cc(OCc5ccccc5)c4)cc(OCCCCCOc4cc(OCCCCCOc5ccc(P(c6ccccc6)c6ccccc6)cc5)cc(OCc5ccccc5)c4)c3)c2)cc1. The molecule has 15 nitrogen and oxygen atoms in total. The molecule has 16 aromatic carbocycles. The van der Waals surface area contributed by atoms with Crippen LogP contribution in [0.2, 0.25) is 0 Å². The van der Waals surface area contributed by atoms with Gasteiger partial charge in [0.15, 0.2) is 0 Å². The zero-order valence-corrected chi connectivity index (χ0v) is 86.8. The number of hydrogen-bond donors (Lipinski definition) is 0. The predicted octanol–water partition coefficient (Wildman–Crippen LogP) is 27.5. The molecule has 0 unspecified atom stereocenters. The molecule has 0 aromatic heterocycles. The summed E-state index contributed by atoms with van der Waals surface area (Å²) in [7, 11) is -2.03. The summed E-state index contributed by atoms with van der Waals surface area (Å²) in [5.41, 5.74) is 3.23. The van der Waals surface area contributed by atoms with Gasteiger partial charge < -0.3 is 71.1 Å². The van der Waals surface area contributed by atoms with Crippen molar-refractivity contribution in [2.45, 2.75) is 135 Å². The number of hydrogen-bond acceptors (Lipinski definition) is 15. The van der Waals surface area contributed by atoms with Crippen molar-refractivity contribution in [3.05, 3.63) is 435 Å². The van der Waals surface area contributed by atoms with E-state index in [1.807, 2.05) is 127 Å². The number of ether oxygens (including phenoxy) is 15. The molecule has 0 spiro atoms. The average Bonchev–Trinajstić information content (AvgIpc) is 0.816. The monoisotopic (exact) mass is 2020 g/mol. The Kier molecular flexibility index (Phi) is 43.6. The van der Waals surface area contributed by atoms with E-state index < -0.39 is 23.8 Å². The van der Waals surface area contributed by atoms with Gasteiger partial charge in [0, 0.05) is 72.8 Å². The molecule has 0 heterocycles. The lowest BCUT2D eigenvalue weighted by molar-refractivity contribution is 0.259. The van der Waals surface area contributed by atoms with Crippen LogP contribution in [0.1, 0.15) is 132 Å². The zero-order chi connectivity index (χ0) is 100. The van der Waals surface area contributed by atoms with Crippen LogP contribution in [0.3, 0.4) is 0 Å². The largest absolute Gasteiger partial charge is 0.494 e. The van der Waals surface area contributed by atoms with Gasteiger partial charge in [0.25, 0.3) is 0 Å². The molecule has 0 saturated carbocycles. The molecule has 18 heteroatoms.